The molecule has 21 heavy (non-hydrogen) atoms. The van der Waals surface area contributed by atoms with E-state index >= 15 is 0 Å². The van der Waals surface area contributed by atoms with Crippen molar-refractivity contribution in [1.82, 2.24) is 4.98 Å². The molecule has 4 rings (SSSR count). The second kappa shape index (κ2) is 4.31. The Bertz CT molecular complexity index is 1010. The van der Waals surface area contributed by atoms with Crippen LogP contribution in [0.15, 0.2) is 62.2 Å². The van der Waals surface area contributed by atoms with Gasteiger partial charge in [-0.1, -0.05) is 30.3 Å². The van der Waals surface area contributed by atoms with E-state index < -0.39 is 0 Å². The van der Waals surface area contributed by atoms with Gasteiger partial charge in [-0.15, -0.1) is 0 Å². The Morgan fingerprint density at radius 3 is 2.62 bits per heavy atom. The molecule has 4 aromatic rings. The highest BCUT2D eigenvalue weighted by Crippen LogP contribution is 2.27. The fourth-order valence-electron chi connectivity index (χ4n) is 2.49. The number of benzene rings is 2. The highest BCUT2D eigenvalue weighted by Gasteiger charge is 2.13. The Morgan fingerprint density at radius 2 is 1.81 bits per heavy atom. The summed E-state index contributed by atoms with van der Waals surface area (Å²) in [5.41, 5.74) is 2.39. The topological polar surface area (TPSA) is 56.2 Å². The monoisotopic (exact) mass is 277 g/mol. The van der Waals surface area contributed by atoms with Crippen molar-refractivity contribution >= 4 is 22.1 Å². The lowest BCUT2D eigenvalue weighted by atomic mass is 10.1. The zero-order valence-corrected chi connectivity index (χ0v) is 11.3. The summed E-state index contributed by atoms with van der Waals surface area (Å²) in [5.74, 6) is 1.08. The molecule has 0 fully saturated rings. The molecule has 0 aliphatic rings. The molecule has 0 aliphatic heterocycles. The van der Waals surface area contributed by atoms with Gasteiger partial charge in [-0.2, -0.15) is 0 Å². The molecule has 4 nitrogen and oxygen atoms in total. The maximum absolute atomic E-state index is 12.4. The van der Waals surface area contributed by atoms with Crippen LogP contribution < -0.4 is 5.43 Å². The number of hydrogen-bond acceptors (Lipinski definition) is 4. The predicted molar refractivity (Wildman–Crippen MR) is 80.2 cm³/mol. The third kappa shape index (κ3) is 1.84. The molecule has 2 heterocycles. The molecule has 0 spiro atoms. The number of hydrogen-bond donors (Lipinski definition) is 0. The lowest BCUT2D eigenvalue weighted by Gasteiger charge is -2.02. The van der Waals surface area contributed by atoms with Gasteiger partial charge in [0.15, 0.2) is 16.9 Å². The van der Waals surface area contributed by atoms with Crippen LogP contribution in [0, 0.1) is 6.92 Å². The summed E-state index contributed by atoms with van der Waals surface area (Å²) in [6.45, 7) is 1.76. The van der Waals surface area contributed by atoms with Crippen LogP contribution in [-0.2, 0) is 0 Å². The van der Waals surface area contributed by atoms with E-state index in [0.717, 1.165) is 5.56 Å². The lowest BCUT2D eigenvalue weighted by molar-refractivity contribution is 0.562. The number of fused-ring (bicyclic) bond motifs is 3. The number of nitrogens with zero attached hydrogens (tertiary/aromatic N) is 1. The summed E-state index contributed by atoms with van der Waals surface area (Å²) in [4.78, 5) is 16.7. The summed E-state index contributed by atoms with van der Waals surface area (Å²) in [7, 11) is 0. The van der Waals surface area contributed by atoms with Crippen LogP contribution in [0.25, 0.3) is 33.4 Å². The van der Waals surface area contributed by atoms with Gasteiger partial charge >= 0.3 is 0 Å². The Morgan fingerprint density at radius 1 is 1.00 bits per heavy atom. The fourth-order valence-corrected chi connectivity index (χ4v) is 2.49. The van der Waals surface area contributed by atoms with E-state index in [9.17, 15) is 4.79 Å². The molecule has 0 aliphatic carbocycles. The standard InChI is InChI=1S/C17H11NO3/c1-10-18-12-7-8-14-16(17(12)20-10)13(19)9-15(21-14)11-5-3-2-4-6-11/h2-9H,1H3. The first-order chi connectivity index (χ1) is 10.2. The van der Waals surface area contributed by atoms with Crippen LogP contribution in [0.5, 0.6) is 0 Å². The first-order valence-corrected chi connectivity index (χ1v) is 6.62. The summed E-state index contributed by atoms with van der Waals surface area (Å²) >= 11 is 0. The van der Waals surface area contributed by atoms with Crippen molar-refractivity contribution in [3.8, 4) is 11.3 Å². The summed E-state index contributed by atoms with van der Waals surface area (Å²) in [6, 6.07) is 14.6. The van der Waals surface area contributed by atoms with E-state index in [-0.39, 0.29) is 5.43 Å². The van der Waals surface area contributed by atoms with Crippen LogP contribution in [-0.4, -0.2) is 4.98 Å². The van der Waals surface area contributed by atoms with E-state index in [4.69, 9.17) is 8.83 Å². The van der Waals surface area contributed by atoms with Gasteiger partial charge in [0.1, 0.15) is 22.2 Å². The zero-order valence-electron chi connectivity index (χ0n) is 11.3. The predicted octanol–water partition coefficient (Wildman–Crippen LogP) is 3.91. The fraction of sp³-hybridized carbons (Fsp3) is 0.0588. The number of aryl methyl sites for hydroxylation is 1. The second-order valence-corrected chi connectivity index (χ2v) is 4.86. The first-order valence-electron chi connectivity index (χ1n) is 6.62. The molecule has 0 unspecified atom stereocenters. The van der Waals surface area contributed by atoms with Gasteiger partial charge in [0.25, 0.3) is 0 Å². The van der Waals surface area contributed by atoms with Gasteiger partial charge in [0, 0.05) is 18.6 Å². The normalized spacial score (nSPS) is 11.3. The molecule has 0 saturated carbocycles. The van der Waals surface area contributed by atoms with Gasteiger partial charge in [-0.3, -0.25) is 4.79 Å². The smallest absolute Gasteiger partial charge is 0.197 e. The van der Waals surface area contributed by atoms with Crippen molar-refractivity contribution < 1.29 is 8.83 Å². The molecule has 0 amide bonds. The van der Waals surface area contributed by atoms with Crippen LogP contribution in [0.3, 0.4) is 0 Å². The number of aromatic nitrogens is 1. The zero-order chi connectivity index (χ0) is 14.4. The molecular formula is C17H11NO3. The molecule has 2 aromatic carbocycles. The van der Waals surface area contributed by atoms with E-state index in [0.29, 0.717) is 33.7 Å². The van der Waals surface area contributed by atoms with Crippen molar-refractivity contribution in [2.75, 3.05) is 0 Å². The van der Waals surface area contributed by atoms with Gasteiger partial charge in [0.05, 0.1) is 0 Å². The molecule has 0 bridgehead atoms. The quantitative estimate of drug-likeness (QED) is 0.529. The Balaban J connectivity index is 2.08. The van der Waals surface area contributed by atoms with E-state index in [2.05, 4.69) is 4.98 Å². The van der Waals surface area contributed by atoms with Crippen LogP contribution >= 0.6 is 0 Å². The van der Waals surface area contributed by atoms with Crippen LogP contribution in [0.4, 0.5) is 0 Å². The van der Waals surface area contributed by atoms with E-state index in [1.54, 1.807) is 19.1 Å². The molecule has 0 N–H and O–H groups in total. The summed E-state index contributed by atoms with van der Waals surface area (Å²) in [6.07, 6.45) is 0. The average Bonchev–Trinajstić information content (AvgIpc) is 2.88. The van der Waals surface area contributed by atoms with Gasteiger partial charge < -0.3 is 8.83 Å². The molecular weight excluding hydrogens is 266 g/mol. The molecule has 102 valence electrons. The maximum Gasteiger partial charge on any atom is 0.197 e. The van der Waals surface area contributed by atoms with Crippen molar-refractivity contribution in [2.24, 2.45) is 0 Å². The lowest BCUT2D eigenvalue weighted by Crippen LogP contribution is -2.00. The van der Waals surface area contributed by atoms with Crippen molar-refractivity contribution in [1.29, 1.82) is 0 Å². The van der Waals surface area contributed by atoms with Gasteiger partial charge in [-0.25, -0.2) is 4.98 Å². The van der Waals surface area contributed by atoms with Crippen molar-refractivity contribution in [3.63, 3.8) is 0 Å². The summed E-state index contributed by atoms with van der Waals surface area (Å²) in [5, 5.41) is 0.438. The van der Waals surface area contributed by atoms with Gasteiger partial charge in [-0.05, 0) is 12.1 Å². The van der Waals surface area contributed by atoms with Crippen molar-refractivity contribution in [2.45, 2.75) is 6.92 Å². The largest absolute Gasteiger partial charge is 0.456 e. The second-order valence-electron chi connectivity index (χ2n) is 4.86. The minimum atomic E-state index is -0.128. The third-order valence-corrected chi connectivity index (χ3v) is 3.41. The third-order valence-electron chi connectivity index (χ3n) is 3.41. The molecule has 2 aromatic heterocycles. The van der Waals surface area contributed by atoms with E-state index in [1.807, 2.05) is 30.3 Å². The first kappa shape index (κ1) is 11.9. The number of rotatable bonds is 1. The molecule has 0 saturated heterocycles. The Hall–Kier alpha value is -2.88. The van der Waals surface area contributed by atoms with Crippen LogP contribution in [0.1, 0.15) is 5.89 Å². The van der Waals surface area contributed by atoms with Crippen LogP contribution in [0.2, 0.25) is 0 Å². The summed E-state index contributed by atoms with van der Waals surface area (Å²) < 4.78 is 11.4. The van der Waals surface area contributed by atoms with Gasteiger partial charge in [0.2, 0.25) is 0 Å². The number of oxazole rings is 1. The minimum Gasteiger partial charge on any atom is -0.456 e. The minimum absolute atomic E-state index is 0.128. The van der Waals surface area contributed by atoms with Crippen molar-refractivity contribution in [3.05, 3.63) is 64.6 Å². The molecule has 4 heteroatoms. The molecule has 0 atom stereocenters. The Kier molecular flexibility index (Phi) is 2.44. The molecule has 0 radical (unpaired) electrons. The highest BCUT2D eigenvalue weighted by atomic mass is 16.4. The highest BCUT2D eigenvalue weighted by molar-refractivity contribution is 6.00. The SMILES string of the molecule is Cc1nc2ccc3oc(-c4ccccc4)cc(=O)c3c2o1. The Labute approximate surface area is 119 Å². The maximum atomic E-state index is 12.4. The average molecular weight is 277 g/mol. The van der Waals surface area contributed by atoms with E-state index in [1.165, 1.54) is 6.07 Å².